The number of amides is 1. The average molecular weight is 268 g/mol. The first kappa shape index (κ1) is 11.5. The number of thioether (sulfide) groups is 1. The van der Waals surface area contributed by atoms with E-state index in [4.69, 9.17) is 0 Å². The zero-order valence-electron chi connectivity index (χ0n) is 9.50. The van der Waals surface area contributed by atoms with E-state index in [0.717, 1.165) is 12.2 Å². The molecule has 1 amide bonds. The molecule has 18 heavy (non-hydrogen) atoms. The predicted octanol–water partition coefficient (Wildman–Crippen LogP) is 0.178. The second-order valence-corrected chi connectivity index (χ2v) is 5.66. The van der Waals surface area contributed by atoms with Crippen molar-refractivity contribution in [2.24, 2.45) is 0 Å². The Kier molecular flexibility index (Phi) is 2.51. The first-order chi connectivity index (χ1) is 8.59. The summed E-state index contributed by atoms with van der Waals surface area (Å²) < 4.78 is 1.47. The highest BCUT2D eigenvalue weighted by Crippen LogP contribution is 2.32. The SMILES string of the molecule is O=C1c2c(O)c(=O)c(O)cn2CC2SCCCN12. The molecule has 1 fully saturated rings. The molecule has 2 aliphatic rings. The third-order valence-electron chi connectivity index (χ3n) is 3.25. The van der Waals surface area contributed by atoms with Crippen LogP contribution in [0, 0.1) is 0 Å². The third-order valence-corrected chi connectivity index (χ3v) is 4.57. The van der Waals surface area contributed by atoms with Crippen LogP contribution in [-0.4, -0.2) is 43.3 Å². The maximum atomic E-state index is 12.2. The molecule has 2 aliphatic heterocycles. The number of hydrogen-bond donors (Lipinski definition) is 2. The molecular formula is C11H12N2O4S. The van der Waals surface area contributed by atoms with Crippen molar-refractivity contribution in [1.82, 2.24) is 9.47 Å². The molecule has 7 heteroatoms. The number of pyridine rings is 1. The van der Waals surface area contributed by atoms with Crippen LogP contribution in [0.5, 0.6) is 11.5 Å². The van der Waals surface area contributed by atoms with Gasteiger partial charge in [-0.15, -0.1) is 11.8 Å². The third kappa shape index (κ3) is 1.50. The van der Waals surface area contributed by atoms with Crippen LogP contribution in [0.25, 0.3) is 0 Å². The molecule has 96 valence electrons. The van der Waals surface area contributed by atoms with Gasteiger partial charge in [-0.05, 0) is 12.2 Å². The van der Waals surface area contributed by atoms with Crippen LogP contribution >= 0.6 is 11.8 Å². The fourth-order valence-electron chi connectivity index (χ4n) is 2.38. The van der Waals surface area contributed by atoms with E-state index in [1.807, 2.05) is 0 Å². The number of carbonyl (C=O) groups is 1. The van der Waals surface area contributed by atoms with Crippen molar-refractivity contribution in [3.63, 3.8) is 0 Å². The summed E-state index contributed by atoms with van der Waals surface area (Å²) in [7, 11) is 0. The molecule has 0 spiro atoms. The zero-order chi connectivity index (χ0) is 12.9. The zero-order valence-corrected chi connectivity index (χ0v) is 10.3. The number of carbonyl (C=O) groups excluding carboxylic acids is 1. The number of hydrogen-bond acceptors (Lipinski definition) is 5. The number of aromatic hydroxyl groups is 2. The average Bonchev–Trinajstić information content (AvgIpc) is 2.36. The molecule has 0 radical (unpaired) electrons. The number of nitrogens with zero attached hydrogens (tertiary/aromatic N) is 2. The van der Waals surface area contributed by atoms with Crippen LogP contribution in [0.2, 0.25) is 0 Å². The van der Waals surface area contributed by atoms with Crippen molar-refractivity contribution in [1.29, 1.82) is 0 Å². The van der Waals surface area contributed by atoms with Gasteiger partial charge in [-0.1, -0.05) is 0 Å². The van der Waals surface area contributed by atoms with E-state index in [1.54, 1.807) is 16.7 Å². The highest BCUT2D eigenvalue weighted by Gasteiger charge is 2.37. The van der Waals surface area contributed by atoms with E-state index in [9.17, 15) is 19.8 Å². The summed E-state index contributed by atoms with van der Waals surface area (Å²) >= 11 is 1.67. The van der Waals surface area contributed by atoms with Gasteiger partial charge in [0.15, 0.2) is 17.2 Å². The Hall–Kier alpha value is -1.63. The smallest absolute Gasteiger partial charge is 0.275 e. The molecule has 1 aromatic heterocycles. The molecule has 1 aromatic rings. The maximum Gasteiger partial charge on any atom is 0.275 e. The lowest BCUT2D eigenvalue weighted by Gasteiger charge is -2.40. The van der Waals surface area contributed by atoms with Crippen LogP contribution in [0.4, 0.5) is 0 Å². The molecule has 0 aromatic carbocycles. The van der Waals surface area contributed by atoms with E-state index >= 15 is 0 Å². The second-order valence-electron chi connectivity index (χ2n) is 4.37. The predicted molar refractivity (Wildman–Crippen MR) is 65.9 cm³/mol. The van der Waals surface area contributed by atoms with E-state index in [1.165, 1.54) is 10.8 Å². The molecule has 0 saturated carbocycles. The van der Waals surface area contributed by atoms with Gasteiger partial charge in [0.05, 0.1) is 18.1 Å². The summed E-state index contributed by atoms with van der Waals surface area (Å²) in [6, 6.07) is 0. The molecule has 0 aliphatic carbocycles. The molecular weight excluding hydrogens is 256 g/mol. The Labute approximate surface area is 107 Å². The Bertz CT molecular complexity index is 583. The van der Waals surface area contributed by atoms with Crippen molar-refractivity contribution >= 4 is 17.7 Å². The first-order valence-corrected chi connectivity index (χ1v) is 6.72. The van der Waals surface area contributed by atoms with Gasteiger partial charge in [-0.3, -0.25) is 9.59 Å². The van der Waals surface area contributed by atoms with Gasteiger partial charge in [0, 0.05) is 6.54 Å². The molecule has 3 rings (SSSR count). The van der Waals surface area contributed by atoms with Crippen LogP contribution in [0.15, 0.2) is 11.0 Å². The molecule has 1 saturated heterocycles. The second kappa shape index (κ2) is 3.94. The van der Waals surface area contributed by atoms with E-state index < -0.39 is 16.9 Å². The van der Waals surface area contributed by atoms with Gasteiger partial charge in [0.25, 0.3) is 11.3 Å². The Morgan fingerprint density at radius 2 is 2.11 bits per heavy atom. The lowest BCUT2D eigenvalue weighted by atomic mass is 10.2. The minimum absolute atomic E-state index is 0.0139. The summed E-state index contributed by atoms with van der Waals surface area (Å²) in [6.07, 6.45) is 2.14. The number of aromatic nitrogens is 1. The lowest BCUT2D eigenvalue weighted by molar-refractivity contribution is 0.0662. The van der Waals surface area contributed by atoms with Gasteiger partial charge < -0.3 is 19.7 Å². The summed E-state index contributed by atoms with van der Waals surface area (Å²) in [4.78, 5) is 25.4. The van der Waals surface area contributed by atoms with E-state index in [-0.39, 0.29) is 17.0 Å². The number of rotatable bonds is 0. The minimum atomic E-state index is -0.891. The van der Waals surface area contributed by atoms with Gasteiger partial charge in [-0.25, -0.2) is 0 Å². The summed E-state index contributed by atoms with van der Waals surface area (Å²) in [5.41, 5.74) is -0.908. The first-order valence-electron chi connectivity index (χ1n) is 5.67. The summed E-state index contributed by atoms with van der Waals surface area (Å²) in [6.45, 7) is 1.12. The van der Waals surface area contributed by atoms with Crippen LogP contribution in [0.3, 0.4) is 0 Å². The highest BCUT2D eigenvalue weighted by atomic mass is 32.2. The lowest BCUT2D eigenvalue weighted by Crippen LogP contribution is -2.49. The van der Waals surface area contributed by atoms with Crippen molar-refractivity contribution in [2.45, 2.75) is 18.3 Å². The fourth-order valence-corrected chi connectivity index (χ4v) is 3.59. The van der Waals surface area contributed by atoms with Crippen LogP contribution < -0.4 is 5.43 Å². The Morgan fingerprint density at radius 1 is 1.33 bits per heavy atom. The molecule has 6 nitrogen and oxygen atoms in total. The van der Waals surface area contributed by atoms with Gasteiger partial charge in [-0.2, -0.15) is 0 Å². The van der Waals surface area contributed by atoms with Gasteiger partial charge in [0.1, 0.15) is 0 Å². The standard InChI is InChI=1S/C11H12N2O4S/c14-6-4-12-5-7-13(2-1-3-18-7)11(17)8(12)10(16)9(6)15/h4,7,14,16H,1-3,5H2. The summed E-state index contributed by atoms with van der Waals surface area (Å²) in [5.74, 6) is -0.539. The van der Waals surface area contributed by atoms with Gasteiger partial charge in [0.2, 0.25) is 0 Å². The van der Waals surface area contributed by atoms with Crippen molar-refractivity contribution < 1.29 is 15.0 Å². The Morgan fingerprint density at radius 3 is 2.89 bits per heavy atom. The fraction of sp³-hybridized carbons (Fsp3) is 0.455. The monoisotopic (exact) mass is 268 g/mol. The summed E-state index contributed by atoms with van der Waals surface area (Å²) in [5, 5.41) is 19.2. The Balaban J connectivity index is 2.16. The molecule has 2 N–H and O–H groups in total. The molecule has 0 bridgehead atoms. The highest BCUT2D eigenvalue weighted by molar-refractivity contribution is 7.99. The maximum absolute atomic E-state index is 12.2. The van der Waals surface area contributed by atoms with Crippen molar-refractivity contribution in [2.75, 3.05) is 12.3 Å². The van der Waals surface area contributed by atoms with E-state index in [2.05, 4.69) is 0 Å². The number of fused-ring (bicyclic) bond motifs is 2. The van der Waals surface area contributed by atoms with E-state index in [0.29, 0.717) is 13.1 Å². The van der Waals surface area contributed by atoms with Crippen molar-refractivity contribution in [3.8, 4) is 11.5 Å². The van der Waals surface area contributed by atoms with Crippen LogP contribution in [-0.2, 0) is 6.54 Å². The minimum Gasteiger partial charge on any atom is -0.503 e. The van der Waals surface area contributed by atoms with Gasteiger partial charge >= 0.3 is 0 Å². The van der Waals surface area contributed by atoms with Crippen molar-refractivity contribution in [3.05, 3.63) is 22.1 Å². The molecule has 1 atom stereocenters. The largest absolute Gasteiger partial charge is 0.503 e. The van der Waals surface area contributed by atoms with Crippen LogP contribution in [0.1, 0.15) is 16.9 Å². The normalized spacial score (nSPS) is 22.6. The molecule has 3 heterocycles. The quantitative estimate of drug-likeness (QED) is 0.701. The topological polar surface area (TPSA) is 82.8 Å². The molecule has 1 unspecified atom stereocenters.